The molecule has 1 N–H and O–H groups in total. The van der Waals surface area contributed by atoms with Crippen molar-refractivity contribution in [2.75, 3.05) is 50.7 Å². The summed E-state index contributed by atoms with van der Waals surface area (Å²) in [7, 11) is 0. The minimum absolute atomic E-state index is 0.00642. The second-order valence-electron chi connectivity index (χ2n) is 9.90. The highest BCUT2D eigenvalue weighted by molar-refractivity contribution is 7.13. The van der Waals surface area contributed by atoms with Gasteiger partial charge in [0, 0.05) is 42.8 Å². The van der Waals surface area contributed by atoms with Crippen molar-refractivity contribution in [2.24, 2.45) is 5.92 Å². The summed E-state index contributed by atoms with van der Waals surface area (Å²) in [4.78, 5) is 20.8. The minimum Gasteiger partial charge on any atom is -0.367 e. The van der Waals surface area contributed by atoms with E-state index in [-0.39, 0.29) is 11.9 Å². The minimum atomic E-state index is 0.00642. The molecule has 8 rings (SSSR count). The monoisotopic (exact) mass is 439 g/mol. The van der Waals surface area contributed by atoms with Gasteiger partial charge in [0.25, 0.3) is 5.91 Å². The number of piperidine rings is 3. The normalized spacial score (nSPS) is 33.2. The molecule has 31 heavy (non-hydrogen) atoms. The lowest BCUT2D eigenvalue weighted by Crippen LogP contribution is -2.57. The summed E-state index contributed by atoms with van der Waals surface area (Å²) < 4.78 is 5.73. The second-order valence-corrected chi connectivity index (χ2v) is 10.7. The molecule has 7 heteroatoms. The molecule has 7 heterocycles. The third-order valence-corrected chi connectivity index (χ3v) is 8.90. The van der Waals surface area contributed by atoms with Crippen LogP contribution in [0.5, 0.6) is 0 Å². The van der Waals surface area contributed by atoms with Gasteiger partial charge in [0.15, 0.2) is 0 Å². The van der Waals surface area contributed by atoms with E-state index >= 15 is 0 Å². The van der Waals surface area contributed by atoms with Crippen molar-refractivity contribution in [3.05, 3.63) is 23.9 Å². The maximum Gasteiger partial charge on any atom is 0.271 e. The number of carbonyl (C=O) groups is 1. The molecule has 1 amide bonds. The van der Waals surface area contributed by atoms with Crippen LogP contribution in [0.4, 0.5) is 5.69 Å². The van der Waals surface area contributed by atoms with E-state index in [4.69, 9.17) is 0 Å². The smallest absolute Gasteiger partial charge is 0.271 e. The lowest BCUT2D eigenvalue weighted by atomic mass is 9.84. The molecule has 0 saturated carbocycles. The van der Waals surface area contributed by atoms with E-state index in [1.54, 1.807) is 0 Å². The number of benzene rings is 1. The van der Waals surface area contributed by atoms with Gasteiger partial charge in [-0.05, 0) is 100 Å². The van der Waals surface area contributed by atoms with Gasteiger partial charge in [-0.15, -0.1) is 0 Å². The van der Waals surface area contributed by atoms with Gasteiger partial charge in [0.1, 0.15) is 5.69 Å². The first-order valence-corrected chi connectivity index (χ1v) is 12.9. The molecule has 0 radical (unpaired) electrons. The van der Waals surface area contributed by atoms with Gasteiger partial charge < -0.3 is 20.0 Å². The Morgan fingerprint density at radius 3 is 2.52 bits per heavy atom. The van der Waals surface area contributed by atoms with Crippen molar-refractivity contribution in [3.63, 3.8) is 0 Å². The van der Waals surface area contributed by atoms with Crippen molar-refractivity contribution in [1.82, 2.24) is 19.5 Å². The van der Waals surface area contributed by atoms with Crippen LogP contribution in [-0.4, -0.2) is 78.0 Å². The number of nitrogens with one attached hydrogen (secondary N) is 1. The quantitative estimate of drug-likeness (QED) is 0.796. The van der Waals surface area contributed by atoms with Crippen molar-refractivity contribution in [1.29, 1.82) is 0 Å². The Morgan fingerprint density at radius 2 is 1.77 bits per heavy atom. The van der Waals surface area contributed by atoms with Gasteiger partial charge >= 0.3 is 0 Å². The number of nitrogens with zero attached hydrogens (tertiary/aromatic N) is 4. The topological polar surface area (TPSA) is 51.7 Å². The average Bonchev–Trinajstić information content (AvgIpc) is 3.17. The summed E-state index contributed by atoms with van der Waals surface area (Å²) in [6, 6.07) is 7.56. The van der Waals surface area contributed by atoms with Crippen LogP contribution in [0.15, 0.2) is 18.2 Å². The van der Waals surface area contributed by atoms with Crippen LogP contribution >= 0.6 is 11.5 Å². The zero-order chi connectivity index (χ0) is 20.8. The molecular formula is C24H33N5OS. The molecule has 1 aromatic heterocycles. The van der Waals surface area contributed by atoms with Gasteiger partial charge in [0.05, 0.1) is 4.70 Å². The molecule has 1 aromatic carbocycles. The number of fused-ring (bicyclic) bond motifs is 10. The van der Waals surface area contributed by atoms with Crippen LogP contribution in [0.2, 0.25) is 0 Å². The largest absolute Gasteiger partial charge is 0.367 e. The lowest BCUT2D eigenvalue weighted by molar-refractivity contribution is 0.0619. The van der Waals surface area contributed by atoms with Crippen LogP contribution in [0.1, 0.15) is 49.0 Å². The number of hydrogen-bond acceptors (Lipinski definition) is 6. The van der Waals surface area contributed by atoms with Gasteiger partial charge in [-0.1, -0.05) is 0 Å². The molecule has 6 aliphatic heterocycles. The van der Waals surface area contributed by atoms with Gasteiger partial charge in [-0.25, -0.2) is 0 Å². The van der Waals surface area contributed by atoms with Crippen LogP contribution in [-0.2, 0) is 0 Å². The second kappa shape index (κ2) is 8.34. The molecule has 6 fully saturated rings. The number of aromatic nitrogens is 1. The number of carbonyl (C=O) groups excluding carboxylic acids is 1. The Kier molecular flexibility index (Phi) is 5.36. The molecule has 166 valence electrons. The third kappa shape index (κ3) is 3.85. The van der Waals surface area contributed by atoms with Crippen LogP contribution in [0, 0.1) is 5.92 Å². The fourth-order valence-electron chi connectivity index (χ4n) is 6.30. The Bertz CT molecular complexity index is 943. The fourth-order valence-corrected chi connectivity index (χ4v) is 7.11. The first-order chi connectivity index (χ1) is 15.2. The number of hydrogen-bond donors (Lipinski definition) is 1. The van der Waals surface area contributed by atoms with E-state index in [9.17, 15) is 4.79 Å². The van der Waals surface area contributed by atoms with Gasteiger partial charge in [-0.3, -0.25) is 4.79 Å². The standard InChI is InChI=1S/C24H33N5OS/c30-24(25-21-16-28-11-7-17(21)8-12-28)23-20-6-5-19(15-22(20)31-26-23)29-14-13-27-9-1-3-18(29)4-2-10-27/h5-6,15,17-18,21H,1-4,7-14,16H2,(H,25,30)/t21-/m0/s1. The molecule has 0 spiro atoms. The average molecular weight is 440 g/mol. The Balaban J connectivity index is 1.22. The van der Waals surface area contributed by atoms with Crippen molar-refractivity contribution in [2.45, 2.75) is 50.6 Å². The highest BCUT2D eigenvalue weighted by Gasteiger charge is 2.35. The number of amides is 1. The highest BCUT2D eigenvalue weighted by Crippen LogP contribution is 2.32. The van der Waals surface area contributed by atoms with Crippen molar-refractivity contribution in [3.8, 4) is 0 Å². The summed E-state index contributed by atoms with van der Waals surface area (Å²) in [5.74, 6) is 0.638. The zero-order valence-electron chi connectivity index (χ0n) is 18.3. The fraction of sp³-hybridized carbons (Fsp3) is 0.667. The van der Waals surface area contributed by atoms with Crippen molar-refractivity contribution >= 4 is 33.2 Å². The van der Waals surface area contributed by atoms with Crippen LogP contribution in [0.25, 0.3) is 10.1 Å². The molecule has 6 aliphatic rings. The molecule has 6 saturated heterocycles. The summed E-state index contributed by atoms with van der Waals surface area (Å²) in [6.07, 6.45) is 7.58. The molecule has 1 atom stereocenters. The zero-order valence-corrected chi connectivity index (χ0v) is 19.1. The van der Waals surface area contributed by atoms with Gasteiger partial charge in [-0.2, -0.15) is 4.37 Å². The Hall–Kier alpha value is -1.70. The summed E-state index contributed by atoms with van der Waals surface area (Å²) in [6.45, 7) is 8.15. The Labute approximate surface area is 188 Å². The molecule has 2 aromatic rings. The van der Waals surface area contributed by atoms with E-state index in [0.717, 1.165) is 29.7 Å². The summed E-state index contributed by atoms with van der Waals surface area (Å²) in [5, 5.41) is 4.32. The first-order valence-electron chi connectivity index (χ1n) is 12.2. The summed E-state index contributed by atoms with van der Waals surface area (Å²) >= 11 is 1.47. The summed E-state index contributed by atoms with van der Waals surface area (Å²) in [5.41, 5.74) is 1.91. The lowest BCUT2D eigenvalue weighted by Gasteiger charge is -2.44. The molecular weight excluding hydrogens is 406 g/mol. The van der Waals surface area contributed by atoms with E-state index < -0.39 is 0 Å². The number of anilines is 1. The van der Waals surface area contributed by atoms with E-state index in [1.807, 2.05) is 0 Å². The molecule has 6 nitrogen and oxygen atoms in total. The SMILES string of the molecule is O=C(N[C@H]1CN2CCC1CC2)c1nsc2cc(N3CCN4CCCC3CCC4)ccc12. The van der Waals surface area contributed by atoms with Crippen LogP contribution < -0.4 is 10.2 Å². The van der Waals surface area contributed by atoms with Crippen molar-refractivity contribution < 1.29 is 4.79 Å². The predicted octanol–water partition coefficient (Wildman–Crippen LogP) is 3.18. The highest BCUT2D eigenvalue weighted by atomic mass is 32.1. The van der Waals surface area contributed by atoms with E-state index in [2.05, 4.69) is 42.6 Å². The number of rotatable bonds is 3. The molecule has 4 bridgehead atoms. The maximum atomic E-state index is 13.1. The van der Waals surface area contributed by atoms with Crippen LogP contribution in [0.3, 0.4) is 0 Å². The van der Waals surface area contributed by atoms with Gasteiger partial charge in [0.2, 0.25) is 0 Å². The Morgan fingerprint density at radius 1 is 0.968 bits per heavy atom. The first kappa shape index (κ1) is 19.9. The molecule has 0 unspecified atom stereocenters. The predicted molar refractivity (Wildman–Crippen MR) is 126 cm³/mol. The maximum absolute atomic E-state index is 13.1. The third-order valence-electron chi connectivity index (χ3n) is 8.10. The van der Waals surface area contributed by atoms with E-state index in [1.165, 1.54) is 81.9 Å². The van der Waals surface area contributed by atoms with E-state index in [0.29, 0.717) is 17.7 Å². The molecule has 0 aliphatic carbocycles.